The molecule has 9 nitrogen and oxygen atoms in total. The number of methoxy groups -OCH3 is 2. The molecule has 0 radical (unpaired) electrons. The third-order valence-corrected chi connectivity index (χ3v) is 9.85. The first-order chi connectivity index (χ1) is 23.1. The summed E-state index contributed by atoms with van der Waals surface area (Å²) in [5.74, 6) is 0.0230. The van der Waals surface area contributed by atoms with Crippen LogP contribution in [0.15, 0.2) is 102 Å². The first kappa shape index (κ1) is 36.0. The van der Waals surface area contributed by atoms with Crippen LogP contribution in [0.1, 0.15) is 42.0 Å². The van der Waals surface area contributed by atoms with Crippen LogP contribution in [0, 0.1) is 13.8 Å². The SMILES string of the molecule is CCCCNC(=O)C(Cc1ccccc1)N(Cc1cccc(OC)c1)C(=O)CN(c1cc(C)ccc1OC)S(=O)(=O)c1ccc(C)cc1. The van der Waals surface area contributed by atoms with Gasteiger partial charge in [0.2, 0.25) is 11.8 Å². The van der Waals surface area contributed by atoms with Crippen LogP contribution in [0.4, 0.5) is 5.69 Å². The molecule has 4 aromatic carbocycles. The number of carbonyl (C=O) groups excluding carboxylic acids is 2. The molecule has 10 heteroatoms. The number of benzene rings is 4. The minimum absolute atomic E-state index is 0.0296. The molecule has 0 aliphatic rings. The minimum Gasteiger partial charge on any atom is -0.497 e. The lowest BCUT2D eigenvalue weighted by Gasteiger charge is -2.34. The molecule has 254 valence electrons. The summed E-state index contributed by atoms with van der Waals surface area (Å²) in [5, 5.41) is 3.01. The van der Waals surface area contributed by atoms with Crippen molar-refractivity contribution in [3.63, 3.8) is 0 Å². The fourth-order valence-corrected chi connectivity index (χ4v) is 6.79. The lowest BCUT2D eigenvalue weighted by atomic mass is 10.0. The molecule has 0 heterocycles. The molecule has 1 unspecified atom stereocenters. The highest BCUT2D eigenvalue weighted by Crippen LogP contribution is 2.34. The molecule has 0 aliphatic carbocycles. The normalized spacial score (nSPS) is 11.8. The highest BCUT2D eigenvalue weighted by atomic mass is 32.2. The molecule has 0 aromatic heterocycles. The number of nitrogens with zero attached hydrogens (tertiary/aromatic N) is 2. The van der Waals surface area contributed by atoms with Gasteiger partial charge in [-0.05, 0) is 73.4 Å². The Bertz CT molecular complexity index is 1780. The molecule has 2 amide bonds. The summed E-state index contributed by atoms with van der Waals surface area (Å²) in [6.45, 7) is 5.67. The molecular formula is C38H45N3O6S. The predicted molar refractivity (Wildman–Crippen MR) is 189 cm³/mol. The largest absolute Gasteiger partial charge is 0.497 e. The minimum atomic E-state index is -4.27. The standard InChI is InChI=1S/C38H45N3O6S/c1-6-7-22-39-38(43)35(25-30-12-9-8-10-13-30)40(26-31-14-11-15-32(24-31)46-4)37(42)27-41(34-23-29(3)18-21-36(34)47-5)48(44,45)33-19-16-28(2)17-20-33/h8-21,23-24,35H,6-7,22,25-27H2,1-5H3,(H,39,43). The lowest BCUT2D eigenvalue weighted by molar-refractivity contribution is -0.140. The number of unbranched alkanes of at least 4 members (excludes halogenated alkanes) is 1. The van der Waals surface area contributed by atoms with Crippen LogP contribution < -0.4 is 19.1 Å². The number of anilines is 1. The maximum Gasteiger partial charge on any atom is 0.264 e. The van der Waals surface area contributed by atoms with E-state index in [0.29, 0.717) is 18.0 Å². The van der Waals surface area contributed by atoms with Crippen LogP contribution in [-0.2, 0) is 32.6 Å². The highest BCUT2D eigenvalue weighted by Gasteiger charge is 2.35. The van der Waals surface area contributed by atoms with Gasteiger partial charge in [-0.15, -0.1) is 0 Å². The molecule has 0 spiro atoms. The Morgan fingerprint density at radius 1 is 0.812 bits per heavy atom. The third kappa shape index (κ3) is 9.16. The fraction of sp³-hybridized carbons (Fsp3) is 0.316. The zero-order chi connectivity index (χ0) is 34.7. The van der Waals surface area contributed by atoms with Crippen molar-refractivity contribution in [1.82, 2.24) is 10.2 Å². The summed E-state index contributed by atoms with van der Waals surface area (Å²) in [7, 11) is -1.25. The van der Waals surface area contributed by atoms with E-state index >= 15 is 0 Å². The maximum absolute atomic E-state index is 14.7. The van der Waals surface area contributed by atoms with Crippen LogP contribution in [0.3, 0.4) is 0 Å². The Morgan fingerprint density at radius 3 is 2.17 bits per heavy atom. The van der Waals surface area contributed by atoms with Crippen molar-refractivity contribution in [3.05, 3.63) is 119 Å². The van der Waals surface area contributed by atoms with E-state index in [1.165, 1.54) is 24.1 Å². The van der Waals surface area contributed by atoms with E-state index in [2.05, 4.69) is 5.32 Å². The van der Waals surface area contributed by atoms with E-state index in [1.807, 2.05) is 69.3 Å². The van der Waals surface area contributed by atoms with Gasteiger partial charge in [-0.1, -0.05) is 79.6 Å². The van der Waals surface area contributed by atoms with Gasteiger partial charge >= 0.3 is 0 Å². The summed E-state index contributed by atoms with van der Waals surface area (Å²) in [6, 6.07) is 27.5. The molecule has 0 saturated carbocycles. The smallest absolute Gasteiger partial charge is 0.264 e. The third-order valence-electron chi connectivity index (χ3n) is 8.08. The number of hydrogen-bond acceptors (Lipinski definition) is 6. The topological polar surface area (TPSA) is 105 Å². The Morgan fingerprint density at radius 2 is 1.50 bits per heavy atom. The summed E-state index contributed by atoms with van der Waals surface area (Å²) < 4.78 is 40.9. The molecule has 4 rings (SSSR count). The molecule has 1 atom stereocenters. The van der Waals surface area contributed by atoms with Crippen molar-refractivity contribution >= 4 is 27.5 Å². The molecular weight excluding hydrogens is 627 g/mol. The molecule has 4 aromatic rings. The first-order valence-electron chi connectivity index (χ1n) is 16.1. The number of amides is 2. The second kappa shape index (κ2) is 16.8. The quantitative estimate of drug-likeness (QED) is 0.145. The lowest BCUT2D eigenvalue weighted by Crippen LogP contribution is -2.53. The van der Waals surface area contributed by atoms with Crippen molar-refractivity contribution in [2.45, 2.75) is 57.5 Å². The number of rotatable bonds is 16. The van der Waals surface area contributed by atoms with Crippen molar-refractivity contribution < 1.29 is 27.5 Å². The van der Waals surface area contributed by atoms with E-state index in [-0.39, 0.29) is 29.5 Å². The Hall–Kier alpha value is -4.83. The van der Waals surface area contributed by atoms with E-state index in [9.17, 15) is 18.0 Å². The van der Waals surface area contributed by atoms with Crippen molar-refractivity contribution in [3.8, 4) is 11.5 Å². The Kier molecular flexibility index (Phi) is 12.6. The zero-order valence-corrected chi connectivity index (χ0v) is 29.1. The van der Waals surface area contributed by atoms with E-state index in [4.69, 9.17) is 9.47 Å². The average molecular weight is 672 g/mol. The molecule has 0 fully saturated rings. The maximum atomic E-state index is 14.7. The number of sulfonamides is 1. The summed E-state index contributed by atoms with van der Waals surface area (Å²) in [6.07, 6.45) is 1.90. The van der Waals surface area contributed by atoms with E-state index in [0.717, 1.165) is 39.4 Å². The van der Waals surface area contributed by atoms with Gasteiger partial charge in [0, 0.05) is 19.5 Å². The van der Waals surface area contributed by atoms with Gasteiger partial charge in [-0.25, -0.2) is 8.42 Å². The molecule has 1 N–H and O–H groups in total. The summed E-state index contributed by atoms with van der Waals surface area (Å²) in [5.41, 5.74) is 3.49. The van der Waals surface area contributed by atoms with Crippen LogP contribution in [-0.4, -0.2) is 58.5 Å². The van der Waals surface area contributed by atoms with Crippen LogP contribution >= 0.6 is 0 Å². The number of aryl methyl sites for hydroxylation is 2. The number of carbonyl (C=O) groups is 2. The fourth-order valence-electron chi connectivity index (χ4n) is 5.37. The first-order valence-corrected chi connectivity index (χ1v) is 17.5. The number of hydrogen-bond donors (Lipinski definition) is 1. The van der Waals surface area contributed by atoms with Crippen LogP contribution in [0.5, 0.6) is 11.5 Å². The second-order valence-electron chi connectivity index (χ2n) is 11.7. The summed E-state index contributed by atoms with van der Waals surface area (Å²) in [4.78, 5) is 30.2. The monoisotopic (exact) mass is 671 g/mol. The van der Waals surface area contributed by atoms with Gasteiger partial charge < -0.3 is 19.7 Å². The second-order valence-corrected chi connectivity index (χ2v) is 13.6. The zero-order valence-electron chi connectivity index (χ0n) is 28.3. The van der Waals surface area contributed by atoms with Crippen molar-refractivity contribution in [1.29, 1.82) is 0 Å². The van der Waals surface area contributed by atoms with Gasteiger partial charge in [-0.2, -0.15) is 0 Å². The molecule has 0 aliphatic heterocycles. The molecule has 48 heavy (non-hydrogen) atoms. The highest BCUT2D eigenvalue weighted by molar-refractivity contribution is 7.92. The van der Waals surface area contributed by atoms with Crippen LogP contribution in [0.2, 0.25) is 0 Å². The number of ether oxygens (including phenoxy) is 2. The van der Waals surface area contributed by atoms with E-state index < -0.39 is 28.5 Å². The van der Waals surface area contributed by atoms with Gasteiger partial charge in [0.05, 0.1) is 24.8 Å². The number of nitrogens with one attached hydrogen (secondary N) is 1. The Balaban J connectivity index is 1.85. The van der Waals surface area contributed by atoms with Gasteiger partial charge in [0.25, 0.3) is 10.0 Å². The van der Waals surface area contributed by atoms with Crippen LogP contribution in [0.25, 0.3) is 0 Å². The average Bonchev–Trinajstić information content (AvgIpc) is 3.09. The molecule has 0 saturated heterocycles. The summed E-state index contributed by atoms with van der Waals surface area (Å²) >= 11 is 0. The van der Waals surface area contributed by atoms with Crippen molar-refractivity contribution in [2.24, 2.45) is 0 Å². The van der Waals surface area contributed by atoms with Gasteiger partial charge in [0.15, 0.2) is 0 Å². The Labute approximate surface area is 284 Å². The van der Waals surface area contributed by atoms with Gasteiger partial charge in [-0.3, -0.25) is 13.9 Å². The van der Waals surface area contributed by atoms with E-state index in [1.54, 1.807) is 43.5 Å². The predicted octanol–water partition coefficient (Wildman–Crippen LogP) is 6.07. The van der Waals surface area contributed by atoms with Gasteiger partial charge in [0.1, 0.15) is 24.1 Å². The van der Waals surface area contributed by atoms with Crippen molar-refractivity contribution in [2.75, 3.05) is 31.6 Å². The molecule has 0 bridgehead atoms.